The summed E-state index contributed by atoms with van der Waals surface area (Å²) in [7, 11) is 1.61. The second-order valence-corrected chi connectivity index (χ2v) is 2.75. The second-order valence-electron chi connectivity index (χ2n) is 2.75. The molecule has 0 unspecified atom stereocenters. The number of halogens is 1. The molecule has 0 spiro atoms. The van der Waals surface area contributed by atoms with Crippen LogP contribution in [0.4, 0.5) is 4.39 Å². The van der Waals surface area contributed by atoms with E-state index in [2.05, 4.69) is 0 Å². The van der Waals surface area contributed by atoms with E-state index in [1.807, 2.05) is 6.92 Å². The fraction of sp³-hybridized carbons (Fsp3) is 0.400. The van der Waals surface area contributed by atoms with Gasteiger partial charge in [0.25, 0.3) is 0 Å². The standard InChI is InChI=1S/C10H13FO2/c1-8-7-9(11)3-4-10(8)13-6-5-12-2/h3-4,7H,5-6H2,1-2H3. The van der Waals surface area contributed by atoms with Crippen molar-refractivity contribution < 1.29 is 13.9 Å². The summed E-state index contributed by atoms with van der Waals surface area (Å²) in [6.07, 6.45) is 0. The van der Waals surface area contributed by atoms with Gasteiger partial charge in [0, 0.05) is 7.11 Å². The van der Waals surface area contributed by atoms with Crippen LogP contribution in [0.1, 0.15) is 5.56 Å². The Morgan fingerprint density at radius 3 is 2.69 bits per heavy atom. The lowest BCUT2D eigenvalue weighted by atomic mass is 10.2. The number of aryl methyl sites for hydroxylation is 1. The molecule has 0 aliphatic rings. The predicted molar refractivity (Wildman–Crippen MR) is 48.5 cm³/mol. The number of rotatable bonds is 4. The summed E-state index contributed by atoms with van der Waals surface area (Å²) in [4.78, 5) is 0. The van der Waals surface area contributed by atoms with Gasteiger partial charge in [-0.3, -0.25) is 0 Å². The molecule has 0 saturated carbocycles. The third-order valence-corrected chi connectivity index (χ3v) is 1.68. The summed E-state index contributed by atoms with van der Waals surface area (Å²) in [6.45, 7) is 2.84. The van der Waals surface area contributed by atoms with Gasteiger partial charge in [-0.05, 0) is 30.7 Å². The van der Waals surface area contributed by atoms with Gasteiger partial charge < -0.3 is 9.47 Å². The van der Waals surface area contributed by atoms with E-state index in [1.165, 1.54) is 12.1 Å². The highest BCUT2D eigenvalue weighted by Crippen LogP contribution is 2.17. The lowest BCUT2D eigenvalue weighted by molar-refractivity contribution is 0.146. The van der Waals surface area contributed by atoms with Gasteiger partial charge in [0.1, 0.15) is 18.2 Å². The van der Waals surface area contributed by atoms with Gasteiger partial charge in [0.2, 0.25) is 0 Å². The van der Waals surface area contributed by atoms with Gasteiger partial charge in [-0.25, -0.2) is 4.39 Å². The first kappa shape index (κ1) is 9.99. The number of ether oxygens (including phenoxy) is 2. The van der Waals surface area contributed by atoms with E-state index in [4.69, 9.17) is 9.47 Å². The summed E-state index contributed by atoms with van der Waals surface area (Å²) < 4.78 is 22.8. The van der Waals surface area contributed by atoms with Crippen LogP contribution < -0.4 is 4.74 Å². The first-order valence-corrected chi connectivity index (χ1v) is 4.12. The fourth-order valence-corrected chi connectivity index (χ4v) is 1.01. The molecule has 2 nitrogen and oxygen atoms in total. The first-order valence-electron chi connectivity index (χ1n) is 4.12. The van der Waals surface area contributed by atoms with Crippen molar-refractivity contribution in [2.45, 2.75) is 6.92 Å². The van der Waals surface area contributed by atoms with Crippen molar-refractivity contribution in [1.29, 1.82) is 0 Å². The second kappa shape index (κ2) is 4.82. The fourth-order valence-electron chi connectivity index (χ4n) is 1.01. The normalized spacial score (nSPS) is 10.1. The topological polar surface area (TPSA) is 18.5 Å². The van der Waals surface area contributed by atoms with Crippen molar-refractivity contribution in [3.05, 3.63) is 29.6 Å². The SMILES string of the molecule is COCCOc1ccc(F)cc1C. The van der Waals surface area contributed by atoms with Gasteiger partial charge in [0.05, 0.1) is 6.61 Å². The van der Waals surface area contributed by atoms with E-state index < -0.39 is 0 Å². The Bertz CT molecular complexity index is 274. The molecule has 0 aliphatic heterocycles. The monoisotopic (exact) mass is 184 g/mol. The van der Waals surface area contributed by atoms with Gasteiger partial charge in [0.15, 0.2) is 0 Å². The van der Waals surface area contributed by atoms with E-state index in [0.717, 1.165) is 5.56 Å². The molecule has 1 aromatic rings. The summed E-state index contributed by atoms with van der Waals surface area (Å²) in [5.74, 6) is 0.468. The molecule has 0 amide bonds. The van der Waals surface area contributed by atoms with Crippen LogP contribution >= 0.6 is 0 Å². The van der Waals surface area contributed by atoms with Crippen molar-refractivity contribution in [3.63, 3.8) is 0 Å². The Balaban J connectivity index is 2.56. The molecule has 0 fully saturated rings. The Morgan fingerprint density at radius 2 is 2.08 bits per heavy atom. The van der Waals surface area contributed by atoms with E-state index >= 15 is 0 Å². The summed E-state index contributed by atoms with van der Waals surface area (Å²) in [6, 6.07) is 4.46. The zero-order chi connectivity index (χ0) is 9.68. The molecular formula is C10H13FO2. The number of hydrogen-bond acceptors (Lipinski definition) is 2. The maximum absolute atomic E-state index is 12.7. The van der Waals surface area contributed by atoms with Crippen molar-refractivity contribution in [2.24, 2.45) is 0 Å². The van der Waals surface area contributed by atoms with Crippen LogP contribution in [-0.2, 0) is 4.74 Å². The highest BCUT2D eigenvalue weighted by molar-refractivity contribution is 5.32. The smallest absolute Gasteiger partial charge is 0.123 e. The molecule has 0 atom stereocenters. The quantitative estimate of drug-likeness (QED) is 0.667. The number of hydrogen-bond donors (Lipinski definition) is 0. The molecular weight excluding hydrogens is 171 g/mol. The van der Waals surface area contributed by atoms with Crippen molar-refractivity contribution in [3.8, 4) is 5.75 Å². The summed E-state index contributed by atoms with van der Waals surface area (Å²) in [5.41, 5.74) is 0.802. The molecule has 0 aromatic heterocycles. The molecule has 1 aromatic carbocycles. The average molecular weight is 184 g/mol. The molecule has 0 N–H and O–H groups in total. The number of methoxy groups -OCH3 is 1. The predicted octanol–water partition coefficient (Wildman–Crippen LogP) is 2.16. The lowest BCUT2D eigenvalue weighted by Gasteiger charge is -2.07. The van der Waals surface area contributed by atoms with Crippen LogP contribution in [0.25, 0.3) is 0 Å². The molecule has 13 heavy (non-hydrogen) atoms. The highest BCUT2D eigenvalue weighted by Gasteiger charge is 1.99. The highest BCUT2D eigenvalue weighted by atomic mass is 19.1. The van der Waals surface area contributed by atoms with Crippen LogP contribution in [0.3, 0.4) is 0 Å². The Kier molecular flexibility index (Phi) is 3.71. The maximum Gasteiger partial charge on any atom is 0.123 e. The maximum atomic E-state index is 12.7. The molecule has 3 heteroatoms. The third-order valence-electron chi connectivity index (χ3n) is 1.68. The van der Waals surface area contributed by atoms with E-state index in [0.29, 0.717) is 19.0 Å². The van der Waals surface area contributed by atoms with Crippen molar-refractivity contribution in [1.82, 2.24) is 0 Å². The minimum absolute atomic E-state index is 0.239. The van der Waals surface area contributed by atoms with Crippen LogP contribution in [-0.4, -0.2) is 20.3 Å². The minimum atomic E-state index is -0.239. The summed E-state index contributed by atoms with van der Waals surface area (Å²) in [5, 5.41) is 0. The molecule has 0 heterocycles. The van der Waals surface area contributed by atoms with Crippen molar-refractivity contribution >= 4 is 0 Å². The lowest BCUT2D eigenvalue weighted by Crippen LogP contribution is -2.05. The first-order chi connectivity index (χ1) is 6.24. The molecule has 0 bridgehead atoms. The van der Waals surface area contributed by atoms with E-state index in [-0.39, 0.29) is 5.82 Å². The molecule has 72 valence electrons. The van der Waals surface area contributed by atoms with Gasteiger partial charge in [-0.1, -0.05) is 0 Å². The van der Waals surface area contributed by atoms with Crippen LogP contribution in [0.2, 0.25) is 0 Å². The zero-order valence-electron chi connectivity index (χ0n) is 7.84. The van der Waals surface area contributed by atoms with Crippen LogP contribution in [0.15, 0.2) is 18.2 Å². The van der Waals surface area contributed by atoms with Gasteiger partial charge in [-0.2, -0.15) is 0 Å². The Hall–Kier alpha value is -1.09. The largest absolute Gasteiger partial charge is 0.491 e. The third kappa shape index (κ3) is 3.03. The molecule has 0 aliphatic carbocycles. The minimum Gasteiger partial charge on any atom is -0.491 e. The van der Waals surface area contributed by atoms with Crippen molar-refractivity contribution in [2.75, 3.05) is 20.3 Å². The zero-order valence-corrected chi connectivity index (χ0v) is 7.84. The number of benzene rings is 1. The van der Waals surface area contributed by atoms with Gasteiger partial charge >= 0.3 is 0 Å². The average Bonchev–Trinajstić information content (AvgIpc) is 2.09. The van der Waals surface area contributed by atoms with E-state index in [9.17, 15) is 4.39 Å². The Labute approximate surface area is 77.3 Å². The molecule has 0 saturated heterocycles. The summed E-state index contributed by atoms with van der Waals surface area (Å²) >= 11 is 0. The van der Waals surface area contributed by atoms with E-state index in [1.54, 1.807) is 13.2 Å². The van der Waals surface area contributed by atoms with Gasteiger partial charge in [-0.15, -0.1) is 0 Å². The van der Waals surface area contributed by atoms with Crippen LogP contribution in [0, 0.1) is 12.7 Å². The molecule has 0 radical (unpaired) electrons. The van der Waals surface area contributed by atoms with Crippen LogP contribution in [0.5, 0.6) is 5.75 Å². The molecule has 1 rings (SSSR count). The Morgan fingerprint density at radius 1 is 1.31 bits per heavy atom.